The van der Waals surface area contributed by atoms with Crippen LogP contribution in [0.5, 0.6) is 34.5 Å². The average molecular weight is 390 g/mol. The Labute approximate surface area is 160 Å². The molecule has 1 aliphatic rings. The van der Waals surface area contributed by atoms with E-state index in [1.807, 2.05) is 0 Å². The second-order valence-electron chi connectivity index (χ2n) is 6.58. The standard InChI is InChI=1S/C19H22N2O7/c20-3-1-2-4-21-16-18(27)15-11(23)7-10(22)8-14(15)28-19(16)9-5-12(24)17(26)13(25)6-9/h5-8,16,19,21-26H,1-4,20H2/t16-,19-/m1/s1. The molecular weight excluding hydrogens is 368 g/mol. The highest BCUT2D eigenvalue weighted by Gasteiger charge is 2.40. The predicted molar refractivity (Wildman–Crippen MR) is 99.0 cm³/mol. The summed E-state index contributed by atoms with van der Waals surface area (Å²) in [5, 5.41) is 52.1. The number of phenolic OH excluding ortho intramolecular Hbond substituents is 5. The van der Waals surface area contributed by atoms with E-state index < -0.39 is 40.9 Å². The van der Waals surface area contributed by atoms with Crippen LogP contribution in [0, 0.1) is 0 Å². The molecule has 0 bridgehead atoms. The molecule has 2 aromatic rings. The molecule has 0 aliphatic carbocycles. The van der Waals surface area contributed by atoms with Crippen LogP contribution in [-0.4, -0.2) is 50.4 Å². The Bertz CT molecular complexity index is 877. The molecule has 0 saturated heterocycles. The van der Waals surface area contributed by atoms with Crippen molar-refractivity contribution in [3.05, 3.63) is 35.4 Å². The van der Waals surface area contributed by atoms with Crippen molar-refractivity contribution < 1.29 is 35.1 Å². The number of hydrogen-bond donors (Lipinski definition) is 7. The molecule has 1 heterocycles. The van der Waals surface area contributed by atoms with Crippen molar-refractivity contribution >= 4 is 5.78 Å². The van der Waals surface area contributed by atoms with Gasteiger partial charge in [0.15, 0.2) is 23.0 Å². The van der Waals surface area contributed by atoms with Gasteiger partial charge in [-0.15, -0.1) is 0 Å². The van der Waals surface area contributed by atoms with E-state index in [4.69, 9.17) is 10.5 Å². The number of aromatic hydroxyl groups is 5. The lowest BCUT2D eigenvalue weighted by Crippen LogP contribution is -2.47. The average Bonchev–Trinajstić information content (AvgIpc) is 2.63. The van der Waals surface area contributed by atoms with E-state index in [1.165, 1.54) is 18.2 Å². The maximum Gasteiger partial charge on any atom is 0.200 e. The minimum atomic E-state index is -0.989. The van der Waals surface area contributed by atoms with E-state index in [-0.39, 0.29) is 22.6 Å². The molecule has 9 nitrogen and oxygen atoms in total. The van der Waals surface area contributed by atoms with Gasteiger partial charge in [0.1, 0.15) is 35.0 Å². The second kappa shape index (κ2) is 7.83. The lowest BCUT2D eigenvalue weighted by molar-refractivity contribution is 0.0727. The van der Waals surface area contributed by atoms with Crippen LogP contribution >= 0.6 is 0 Å². The number of ether oxygens (including phenoxy) is 1. The summed E-state index contributed by atoms with van der Waals surface area (Å²) in [4.78, 5) is 13.0. The Morgan fingerprint density at radius 3 is 2.29 bits per heavy atom. The molecule has 0 aromatic heterocycles. The Morgan fingerprint density at radius 2 is 1.64 bits per heavy atom. The number of carbonyl (C=O) groups is 1. The van der Waals surface area contributed by atoms with E-state index in [2.05, 4.69) is 5.32 Å². The van der Waals surface area contributed by atoms with Gasteiger partial charge >= 0.3 is 0 Å². The SMILES string of the molecule is NCCCCN[C@@H]1C(=O)c2c(O)cc(O)cc2O[C@@H]1c1cc(O)c(O)c(O)c1. The smallest absolute Gasteiger partial charge is 0.200 e. The zero-order valence-electron chi connectivity index (χ0n) is 14.9. The van der Waals surface area contributed by atoms with Crippen molar-refractivity contribution in [3.8, 4) is 34.5 Å². The first kappa shape index (κ1) is 19.6. The van der Waals surface area contributed by atoms with Crippen LogP contribution in [0.25, 0.3) is 0 Å². The van der Waals surface area contributed by atoms with Gasteiger partial charge in [-0.3, -0.25) is 4.79 Å². The molecule has 2 aromatic carbocycles. The molecule has 0 spiro atoms. The number of rotatable bonds is 6. The Hall–Kier alpha value is -3.17. The Morgan fingerprint density at radius 1 is 0.964 bits per heavy atom. The summed E-state index contributed by atoms with van der Waals surface area (Å²) in [5.41, 5.74) is 5.64. The predicted octanol–water partition coefficient (Wildman–Crippen LogP) is 1.23. The molecule has 150 valence electrons. The summed E-state index contributed by atoms with van der Waals surface area (Å²) in [6.45, 7) is 0.945. The first-order chi connectivity index (χ1) is 13.3. The molecule has 8 N–H and O–H groups in total. The molecule has 0 saturated carbocycles. The lowest BCUT2D eigenvalue weighted by atomic mass is 9.90. The van der Waals surface area contributed by atoms with Crippen LogP contribution in [-0.2, 0) is 0 Å². The number of Topliss-reactive ketones (excluding diaryl/α,β-unsaturated/α-hetero) is 1. The van der Waals surface area contributed by atoms with Crippen molar-refractivity contribution in [2.45, 2.75) is 25.0 Å². The quantitative estimate of drug-likeness (QED) is 0.284. The molecule has 0 radical (unpaired) electrons. The van der Waals surface area contributed by atoms with Gasteiger partial charge in [-0.05, 0) is 38.1 Å². The largest absolute Gasteiger partial charge is 0.508 e. The summed E-state index contributed by atoms with van der Waals surface area (Å²) >= 11 is 0. The maximum absolute atomic E-state index is 13.0. The van der Waals surface area contributed by atoms with Crippen LogP contribution in [0.1, 0.15) is 34.9 Å². The summed E-state index contributed by atoms with van der Waals surface area (Å²) in [6.07, 6.45) is 0.458. The number of nitrogens with one attached hydrogen (secondary N) is 1. The third kappa shape index (κ3) is 3.62. The lowest BCUT2D eigenvalue weighted by Gasteiger charge is -2.34. The van der Waals surface area contributed by atoms with E-state index in [0.717, 1.165) is 12.5 Å². The molecule has 28 heavy (non-hydrogen) atoms. The van der Waals surface area contributed by atoms with Gasteiger partial charge in [0.05, 0.1) is 0 Å². The topological polar surface area (TPSA) is 166 Å². The van der Waals surface area contributed by atoms with Crippen molar-refractivity contribution in [1.29, 1.82) is 0 Å². The van der Waals surface area contributed by atoms with Crippen molar-refractivity contribution in [1.82, 2.24) is 5.32 Å². The Kier molecular flexibility index (Phi) is 5.48. The second-order valence-corrected chi connectivity index (χ2v) is 6.58. The van der Waals surface area contributed by atoms with E-state index in [0.29, 0.717) is 19.5 Å². The first-order valence-corrected chi connectivity index (χ1v) is 8.78. The summed E-state index contributed by atoms with van der Waals surface area (Å²) in [5.74, 6) is -3.02. The van der Waals surface area contributed by atoms with Crippen LogP contribution < -0.4 is 15.8 Å². The number of phenols is 5. The van der Waals surface area contributed by atoms with Crippen LogP contribution in [0.4, 0.5) is 0 Å². The molecular formula is C19H22N2O7. The highest BCUT2D eigenvalue weighted by atomic mass is 16.5. The van der Waals surface area contributed by atoms with Crippen LogP contribution in [0.15, 0.2) is 24.3 Å². The summed E-state index contributed by atoms with van der Waals surface area (Å²) in [7, 11) is 0. The number of fused-ring (bicyclic) bond motifs is 1. The maximum atomic E-state index is 13.0. The fourth-order valence-corrected chi connectivity index (χ4v) is 3.20. The van der Waals surface area contributed by atoms with Gasteiger partial charge in [-0.2, -0.15) is 0 Å². The van der Waals surface area contributed by atoms with E-state index >= 15 is 0 Å². The minimum Gasteiger partial charge on any atom is -0.508 e. The zero-order chi connectivity index (χ0) is 20.4. The van der Waals surface area contributed by atoms with Gasteiger partial charge in [-0.25, -0.2) is 0 Å². The van der Waals surface area contributed by atoms with E-state index in [1.54, 1.807) is 0 Å². The van der Waals surface area contributed by atoms with Crippen molar-refractivity contribution in [2.24, 2.45) is 5.73 Å². The molecule has 0 unspecified atom stereocenters. The number of nitrogens with two attached hydrogens (primary N) is 1. The number of unbranched alkanes of at least 4 members (excludes halogenated alkanes) is 1. The first-order valence-electron chi connectivity index (χ1n) is 8.78. The molecule has 1 aliphatic heterocycles. The zero-order valence-corrected chi connectivity index (χ0v) is 14.9. The normalized spacial score (nSPS) is 18.5. The number of benzene rings is 2. The van der Waals surface area contributed by atoms with Crippen molar-refractivity contribution in [3.63, 3.8) is 0 Å². The van der Waals surface area contributed by atoms with Gasteiger partial charge in [0.2, 0.25) is 0 Å². The van der Waals surface area contributed by atoms with Gasteiger partial charge in [-0.1, -0.05) is 0 Å². The van der Waals surface area contributed by atoms with Crippen LogP contribution in [0.3, 0.4) is 0 Å². The molecule has 9 heteroatoms. The highest BCUT2D eigenvalue weighted by molar-refractivity contribution is 6.06. The fraction of sp³-hybridized carbons (Fsp3) is 0.316. The van der Waals surface area contributed by atoms with Crippen molar-refractivity contribution in [2.75, 3.05) is 13.1 Å². The minimum absolute atomic E-state index is 0.0282. The molecule has 2 atom stereocenters. The van der Waals surface area contributed by atoms with Gasteiger partial charge < -0.3 is 41.3 Å². The number of ketones is 1. The molecule has 3 rings (SSSR count). The number of hydrogen-bond acceptors (Lipinski definition) is 9. The monoisotopic (exact) mass is 390 g/mol. The summed E-state index contributed by atoms with van der Waals surface area (Å²) in [6, 6.07) is 3.66. The van der Waals surface area contributed by atoms with Crippen LogP contribution in [0.2, 0.25) is 0 Å². The fourth-order valence-electron chi connectivity index (χ4n) is 3.20. The van der Waals surface area contributed by atoms with Gasteiger partial charge in [0.25, 0.3) is 0 Å². The third-order valence-corrected chi connectivity index (χ3v) is 4.57. The third-order valence-electron chi connectivity index (χ3n) is 4.57. The molecule has 0 fully saturated rings. The van der Waals surface area contributed by atoms with E-state index in [9.17, 15) is 30.3 Å². The number of carbonyl (C=O) groups excluding carboxylic acids is 1. The summed E-state index contributed by atoms with van der Waals surface area (Å²) < 4.78 is 5.84. The highest BCUT2D eigenvalue weighted by Crippen LogP contribution is 2.44. The molecule has 0 amide bonds. The van der Waals surface area contributed by atoms with Gasteiger partial charge in [0, 0.05) is 17.7 Å². The Balaban J connectivity index is 2.03.